The summed E-state index contributed by atoms with van der Waals surface area (Å²) in [5.41, 5.74) is 7.37. The fourth-order valence-corrected chi connectivity index (χ4v) is 4.52. The number of aryl methyl sites for hydroxylation is 1. The summed E-state index contributed by atoms with van der Waals surface area (Å²) in [5.74, 6) is -1.36. The highest BCUT2D eigenvalue weighted by Gasteiger charge is 2.29. The van der Waals surface area contributed by atoms with Gasteiger partial charge in [-0.25, -0.2) is 14.6 Å². The van der Waals surface area contributed by atoms with Gasteiger partial charge in [0.15, 0.2) is 6.04 Å². The Hall–Kier alpha value is -4.41. The highest BCUT2D eigenvalue weighted by atomic mass is 35.5. The van der Waals surface area contributed by atoms with E-state index < -0.39 is 23.9 Å². The van der Waals surface area contributed by atoms with Crippen LogP contribution in [0.25, 0.3) is 10.9 Å². The third kappa shape index (κ3) is 6.02. The lowest BCUT2D eigenvalue weighted by atomic mass is 10.1. The first kappa shape index (κ1) is 27.6. The largest absolute Gasteiger partial charge is 0.487 e. The molecule has 0 aliphatic rings. The zero-order chi connectivity index (χ0) is 28.3. The number of hydrogen-bond acceptors (Lipinski definition) is 6. The number of carboxylic acid groups (broad SMARTS) is 1. The van der Waals surface area contributed by atoms with E-state index in [4.69, 9.17) is 33.7 Å². The number of likely N-dealkylation sites (N-methyl/N-ethyl adjacent to an activating group) is 1. The molecule has 1 atom stereocenters. The molecule has 4 N–H and O–H groups in total. The molecule has 4 aromatic rings. The lowest BCUT2D eigenvalue weighted by Gasteiger charge is -2.26. The number of carboxylic acids is 1. The predicted octanol–water partition coefficient (Wildman–Crippen LogP) is 4.89. The summed E-state index contributed by atoms with van der Waals surface area (Å²) in [7, 11) is 1.44. The number of hydrogen-bond donors (Lipinski definition) is 3. The van der Waals surface area contributed by atoms with Crippen LogP contribution >= 0.6 is 23.2 Å². The molecular formula is C27H23Cl2N5O5. The number of aromatic nitrogens is 2. The van der Waals surface area contributed by atoms with Crippen molar-refractivity contribution in [3.05, 3.63) is 93.4 Å². The molecule has 3 amide bonds. The number of amides is 3. The van der Waals surface area contributed by atoms with Crippen LogP contribution in [0.5, 0.6) is 5.75 Å². The van der Waals surface area contributed by atoms with Crippen LogP contribution in [0.3, 0.4) is 0 Å². The number of benzene rings is 2. The number of para-hydroxylation sites is 1. The molecule has 12 heteroatoms. The Morgan fingerprint density at radius 3 is 2.62 bits per heavy atom. The first-order chi connectivity index (χ1) is 18.6. The van der Waals surface area contributed by atoms with E-state index in [-0.39, 0.29) is 28.6 Å². The number of carbonyl (C=O) groups excluding carboxylic acids is 2. The fourth-order valence-electron chi connectivity index (χ4n) is 3.92. The van der Waals surface area contributed by atoms with Crippen LogP contribution in [0.1, 0.15) is 33.4 Å². The molecule has 0 fully saturated rings. The number of primary amides is 1. The van der Waals surface area contributed by atoms with Crippen LogP contribution in [-0.4, -0.2) is 40.0 Å². The Morgan fingerprint density at radius 2 is 1.90 bits per heavy atom. The van der Waals surface area contributed by atoms with Gasteiger partial charge in [0.2, 0.25) is 0 Å². The van der Waals surface area contributed by atoms with Crippen molar-refractivity contribution in [3.8, 4) is 5.75 Å². The predicted molar refractivity (Wildman–Crippen MR) is 147 cm³/mol. The Kier molecular flexibility index (Phi) is 8.18. The van der Waals surface area contributed by atoms with Gasteiger partial charge in [0.05, 0.1) is 22.0 Å². The number of carbonyl (C=O) groups is 3. The molecule has 0 spiro atoms. The van der Waals surface area contributed by atoms with Gasteiger partial charge < -0.3 is 25.8 Å². The maximum absolute atomic E-state index is 13.5. The van der Waals surface area contributed by atoms with E-state index in [0.717, 1.165) is 11.1 Å². The van der Waals surface area contributed by atoms with Gasteiger partial charge in [0.25, 0.3) is 5.91 Å². The second kappa shape index (κ2) is 11.5. The molecule has 0 radical (unpaired) electrons. The van der Waals surface area contributed by atoms with Crippen molar-refractivity contribution in [1.29, 1.82) is 0 Å². The van der Waals surface area contributed by atoms with E-state index in [1.54, 1.807) is 12.1 Å². The van der Waals surface area contributed by atoms with Crippen LogP contribution in [-0.2, 0) is 11.4 Å². The topological polar surface area (TPSA) is 148 Å². The molecule has 0 bridgehead atoms. The van der Waals surface area contributed by atoms with Crippen LogP contribution in [0.4, 0.5) is 10.5 Å². The van der Waals surface area contributed by atoms with Gasteiger partial charge in [-0.1, -0.05) is 41.4 Å². The molecule has 39 heavy (non-hydrogen) atoms. The number of pyridine rings is 2. The van der Waals surface area contributed by atoms with E-state index in [2.05, 4.69) is 15.3 Å². The van der Waals surface area contributed by atoms with Crippen LogP contribution in [0, 0.1) is 6.92 Å². The minimum Gasteiger partial charge on any atom is -0.487 e. The van der Waals surface area contributed by atoms with E-state index in [1.165, 1.54) is 36.3 Å². The third-order valence-electron chi connectivity index (χ3n) is 5.91. The highest BCUT2D eigenvalue weighted by Crippen LogP contribution is 2.36. The molecule has 4 rings (SSSR count). The highest BCUT2D eigenvalue weighted by molar-refractivity contribution is 6.38. The lowest BCUT2D eigenvalue weighted by Crippen LogP contribution is -2.44. The molecular weight excluding hydrogens is 545 g/mol. The number of fused-ring (bicyclic) bond motifs is 1. The van der Waals surface area contributed by atoms with E-state index in [1.807, 2.05) is 31.2 Å². The van der Waals surface area contributed by atoms with Crippen molar-refractivity contribution < 1.29 is 24.2 Å². The standard InChI is InChI=1S/C27H23Cl2N5O5/c1-14-6-7-15-4-3-5-21(23(15)32-14)39-13-17-18(28)8-9-20(22(17)29)34(2)25(35)24(33-27(30)38)19-12-16(26(36)37)10-11-31-19/h3-12,24H,13H2,1-2H3,(H,36,37)(H3,30,33,38). The maximum Gasteiger partial charge on any atom is 0.335 e. The van der Waals surface area contributed by atoms with Crippen molar-refractivity contribution in [3.63, 3.8) is 0 Å². The number of aromatic carboxylic acids is 1. The number of urea groups is 1. The average molecular weight is 568 g/mol. The summed E-state index contributed by atoms with van der Waals surface area (Å²) >= 11 is 13.2. The SMILES string of the molecule is Cc1ccc2cccc(OCc3c(Cl)ccc(N(C)C(=O)C(NC(N)=O)c4cc(C(=O)O)ccn4)c3Cl)c2n1. The van der Waals surface area contributed by atoms with Gasteiger partial charge >= 0.3 is 12.0 Å². The van der Waals surface area contributed by atoms with E-state index >= 15 is 0 Å². The van der Waals surface area contributed by atoms with Gasteiger partial charge in [0, 0.05) is 34.9 Å². The molecule has 2 heterocycles. The summed E-state index contributed by atoms with van der Waals surface area (Å²) < 4.78 is 6.05. The van der Waals surface area contributed by atoms with Crippen molar-refractivity contribution in [2.24, 2.45) is 5.73 Å². The maximum atomic E-state index is 13.5. The number of halogens is 2. The summed E-state index contributed by atoms with van der Waals surface area (Å²) in [6.45, 7) is 1.86. The minimum absolute atomic E-state index is 0.0158. The van der Waals surface area contributed by atoms with Gasteiger partial charge in [-0.2, -0.15) is 0 Å². The van der Waals surface area contributed by atoms with Gasteiger partial charge in [-0.05, 0) is 43.3 Å². The molecule has 1 unspecified atom stereocenters. The second-order valence-corrected chi connectivity index (χ2v) is 9.33. The Balaban J connectivity index is 1.64. The first-order valence-electron chi connectivity index (χ1n) is 11.6. The third-order valence-corrected chi connectivity index (χ3v) is 6.69. The fraction of sp³-hybridized carbons (Fsp3) is 0.148. The summed E-state index contributed by atoms with van der Waals surface area (Å²) in [5, 5.41) is 13.0. The van der Waals surface area contributed by atoms with Crippen molar-refractivity contribution in [1.82, 2.24) is 15.3 Å². The monoisotopic (exact) mass is 567 g/mol. The summed E-state index contributed by atoms with van der Waals surface area (Å²) in [6, 6.07) is 12.6. The average Bonchev–Trinajstić information content (AvgIpc) is 2.91. The zero-order valence-corrected chi connectivity index (χ0v) is 22.3. The smallest absolute Gasteiger partial charge is 0.335 e. The molecule has 2 aromatic heterocycles. The minimum atomic E-state index is -1.39. The quantitative estimate of drug-likeness (QED) is 0.274. The molecule has 2 aromatic carbocycles. The molecule has 0 aliphatic carbocycles. The number of nitrogens with zero attached hydrogens (tertiary/aromatic N) is 3. The van der Waals surface area contributed by atoms with E-state index in [9.17, 15) is 19.5 Å². The lowest BCUT2D eigenvalue weighted by molar-refractivity contribution is -0.120. The molecule has 10 nitrogen and oxygen atoms in total. The van der Waals surface area contributed by atoms with Gasteiger partial charge in [-0.3, -0.25) is 9.78 Å². The number of anilines is 1. The van der Waals surface area contributed by atoms with Crippen molar-refractivity contribution in [2.45, 2.75) is 19.6 Å². The van der Waals surface area contributed by atoms with Gasteiger partial charge in [-0.15, -0.1) is 0 Å². The van der Waals surface area contributed by atoms with Crippen molar-refractivity contribution in [2.75, 3.05) is 11.9 Å². The number of nitrogens with two attached hydrogens (primary N) is 1. The Morgan fingerprint density at radius 1 is 1.13 bits per heavy atom. The molecule has 0 aliphatic heterocycles. The van der Waals surface area contributed by atoms with Crippen LogP contribution in [0.15, 0.2) is 60.8 Å². The molecule has 0 saturated carbocycles. The Labute approximate surface area is 233 Å². The Bertz CT molecular complexity index is 1600. The zero-order valence-electron chi connectivity index (χ0n) is 20.8. The normalized spacial score (nSPS) is 11.6. The molecule has 200 valence electrons. The van der Waals surface area contributed by atoms with Gasteiger partial charge in [0.1, 0.15) is 17.9 Å². The van der Waals surface area contributed by atoms with Crippen LogP contribution in [0.2, 0.25) is 10.0 Å². The molecule has 0 saturated heterocycles. The van der Waals surface area contributed by atoms with Crippen LogP contribution < -0.4 is 20.7 Å². The number of ether oxygens (including phenoxy) is 1. The number of rotatable bonds is 8. The summed E-state index contributed by atoms with van der Waals surface area (Å²) in [4.78, 5) is 46.4. The number of nitrogens with one attached hydrogen (secondary N) is 1. The van der Waals surface area contributed by atoms with Crippen molar-refractivity contribution >= 4 is 57.7 Å². The first-order valence-corrected chi connectivity index (χ1v) is 12.3. The second-order valence-electron chi connectivity index (χ2n) is 8.54. The van der Waals surface area contributed by atoms with E-state index in [0.29, 0.717) is 21.9 Å². The summed E-state index contributed by atoms with van der Waals surface area (Å²) in [6.07, 6.45) is 1.22.